The van der Waals surface area contributed by atoms with E-state index in [1.54, 1.807) is 0 Å². The van der Waals surface area contributed by atoms with Gasteiger partial charge in [0.05, 0.1) is 5.69 Å². The number of aromatic nitrogens is 1. The largest absolute Gasteiger partial charge is 0.300 e. The summed E-state index contributed by atoms with van der Waals surface area (Å²) in [5, 5.41) is 0. The molecule has 1 saturated carbocycles. The standard InChI is InChI=1S/C26H29NO2.CH4.3H2/c28-23(14-15-25(29)21-7-2-1-3-8-21)13-12-19-6-4-10-22(18-19)26-24-11-5-9-20(24)16-17-27-26;;;;/h1-3,5,7-8,11,16-17,19,22H,4,6,9-10,12-15,18H2;1H4;3*1H. The molecule has 2 aromatic rings. The highest BCUT2D eigenvalue weighted by atomic mass is 16.1. The van der Waals surface area contributed by atoms with Gasteiger partial charge in [-0.1, -0.05) is 62.8 Å². The summed E-state index contributed by atoms with van der Waals surface area (Å²) in [5.74, 6) is 1.39. The van der Waals surface area contributed by atoms with E-state index in [4.69, 9.17) is 4.98 Å². The lowest BCUT2D eigenvalue weighted by molar-refractivity contribution is -0.119. The molecular formula is C27H39NO2. The Balaban J connectivity index is 0.00000256. The van der Waals surface area contributed by atoms with Crippen molar-refractivity contribution < 1.29 is 13.9 Å². The minimum atomic E-state index is 0. The van der Waals surface area contributed by atoms with Gasteiger partial charge in [0.1, 0.15) is 5.78 Å². The number of fused-ring (bicyclic) bond motifs is 1. The smallest absolute Gasteiger partial charge is 0.163 e. The van der Waals surface area contributed by atoms with E-state index in [0.717, 1.165) is 19.3 Å². The van der Waals surface area contributed by atoms with Gasteiger partial charge in [0.25, 0.3) is 0 Å². The van der Waals surface area contributed by atoms with Gasteiger partial charge >= 0.3 is 0 Å². The second kappa shape index (κ2) is 10.5. The van der Waals surface area contributed by atoms with E-state index < -0.39 is 0 Å². The topological polar surface area (TPSA) is 47.0 Å². The molecule has 1 aromatic carbocycles. The van der Waals surface area contributed by atoms with Crippen LogP contribution in [0.25, 0.3) is 6.08 Å². The van der Waals surface area contributed by atoms with E-state index in [0.29, 0.717) is 36.7 Å². The van der Waals surface area contributed by atoms with Gasteiger partial charge in [-0.2, -0.15) is 0 Å². The predicted octanol–water partition coefficient (Wildman–Crippen LogP) is 7.31. The third kappa shape index (κ3) is 5.33. The summed E-state index contributed by atoms with van der Waals surface area (Å²) in [4.78, 5) is 29.3. The molecular weight excluding hydrogens is 370 g/mol. The highest BCUT2D eigenvalue weighted by Gasteiger charge is 2.27. The van der Waals surface area contributed by atoms with E-state index in [1.807, 2.05) is 36.5 Å². The Hall–Kier alpha value is -2.55. The first-order chi connectivity index (χ1) is 14.2. The number of hydrogen-bond acceptors (Lipinski definition) is 3. The number of nitrogens with zero attached hydrogens (tertiary/aromatic N) is 1. The van der Waals surface area contributed by atoms with Gasteiger partial charge in [-0.05, 0) is 48.8 Å². The summed E-state index contributed by atoms with van der Waals surface area (Å²) in [6.07, 6.45) is 14.4. The Morgan fingerprint density at radius 1 is 1.03 bits per heavy atom. The van der Waals surface area contributed by atoms with Crippen LogP contribution in [0.3, 0.4) is 0 Å². The quantitative estimate of drug-likeness (QED) is 0.429. The van der Waals surface area contributed by atoms with Gasteiger partial charge in [-0.15, -0.1) is 0 Å². The number of benzene rings is 1. The molecule has 164 valence electrons. The maximum atomic E-state index is 12.4. The highest BCUT2D eigenvalue weighted by molar-refractivity contribution is 5.98. The average molecular weight is 410 g/mol. The Labute approximate surface area is 185 Å². The van der Waals surface area contributed by atoms with E-state index in [9.17, 15) is 9.59 Å². The van der Waals surface area contributed by atoms with Gasteiger partial charge in [0.15, 0.2) is 5.78 Å². The molecule has 2 aliphatic rings. The molecule has 0 radical (unpaired) electrons. The Morgan fingerprint density at radius 3 is 2.70 bits per heavy atom. The lowest BCUT2D eigenvalue weighted by atomic mass is 9.76. The number of ketones is 2. The number of hydrogen-bond donors (Lipinski definition) is 0. The van der Waals surface area contributed by atoms with E-state index in [-0.39, 0.29) is 23.3 Å². The molecule has 0 N–H and O–H groups in total. The van der Waals surface area contributed by atoms with Crippen molar-refractivity contribution in [2.75, 3.05) is 0 Å². The summed E-state index contributed by atoms with van der Waals surface area (Å²) < 4.78 is 0. The van der Waals surface area contributed by atoms with Crippen LogP contribution in [0.15, 0.2) is 48.7 Å². The number of carbonyl (C=O) groups excluding carboxylic acids is 2. The molecule has 2 atom stereocenters. The second-order valence-electron chi connectivity index (χ2n) is 8.47. The minimum absolute atomic E-state index is 0. The molecule has 4 rings (SSSR count). The van der Waals surface area contributed by atoms with Crippen molar-refractivity contribution in [3.63, 3.8) is 0 Å². The number of pyridine rings is 1. The summed E-state index contributed by atoms with van der Waals surface area (Å²) in [5.41, 5.74) is 4.71. The summed E-state index contributed by atoms with van der Waals surface area (Å²) in [6.45, 7) is 0. The first-order valence-corrected chi connectivity index (χ1v) is 10.9. The van der Waals surface area contributed by atoms with Crippen LogP contribution in [-0.2, 0) is 11.2 Å². The maximum Gasteiger partial charge on any atom is 0.163 e. The van der Waals surface area contributed by atoms with Crippen LogP contribution in [0.5, 0.6) is 0 Å². The van der Waals surface area contributed by atoms with Crippen molar-refractivity contribution in [2.24, 2.45) is 5.92 Å². The zero-order chi connectivity index (χ0) is 20.1. The van der Waals surface area contributed by atoms with Crippen LogP contribution < -0.4 is 0 Å². The third-order valence-electron chi connectivity index (χ3n) is 6.46. The van der Waals surface area contributed by atoms with Crippen LogP contribution in [-0.4, -0.2) is 16.6 Å². The molecule has 0 bridgehead atoms. The first kappa shape index (κ1) is 22.1. The minimum Gasteiger partial charge on any atom is -0.300 e. The zero-order valence-corrected chi connectivity index (χ0v) is 17.0. The van der Waals surface area contributed by atoms with Crippen LogP contribution >= 0.6 is 0 Å². The van der Waals surface area contributed by atoms with Crippen molar-refractivity contribution in [1.29, 1.82) is 0 Å². The molecule has 3 nitrogen and oxygen atoms in total. The van der Waals surface area contributed by atoms with E-state index in [2.05, 4.69) is 18.2 Å². The summed E-state index contributed by atoms with van der Waals surface area (Å²) in [6, 6.07) is 11.4. The monoisotopic (exact) mass is 409 g/mol. The highest BCUT2D eigenvalue weighted by Crippen LogP contribution is 2.40. The number of allylic oxidation sites excluding steroid dienone is 1. The maximum absolute atomic E-state index is 12.4. The fourth-order valence-electron chi connectivity index (χ4n) is 4.84. The van der Waals surface area contributed by atoms with Gasteiger partial charge in [0.2, 0.25) is 0 Å². The van der Waals surface area contributed by atoms with Crippen LogP contribution in [0.4, 0.5) is 0 Å². The molecule has 2 aliphatic carbocycles. The molecule has 0 amide bonds. The van der Waals surface area contributed by atoms with Crippen LogP contribution in [0.1, 0.15) is 96.2 Å². The van der Waals surface area contributed by atoms with Gasteiger partial charge < -0.3 is 0 Å². The van der Waals surface area contributed by atoms with Gasteiger partial charge in [0, 0.05) is 41.2 Å². The Morgan fingerprint density at radius 2 is 1.87 bits per heavy atom. The van der Waals surface area contributed by atoms with E-state index >= 15 is 0 Å². The van der Waals surface area contributed by atoms with Crippen molar-refractivity contribution in [3.8, 4) is 0 Å². The molecule has 1 heterocycles. The lowest BCUT2D eigenvalue weighted by Crippen LogP contribution is -2.17. The Bertz CT molecular complexity index is 915. The molecule has 3 heteroatoms. The number of rotatable bonds is 8. The molecule has 2 unspecified atom stereocenters. The van der Waals surface area contributed by atoms with Gasteiger partial charge in [-0.3, -0.25) is 14.6 Å². The van der Waals surface area contributed by atoms with Crippen LogP contribution in [0, 0.1) is 5.92 Å². The Kier molecular flexibility index (Phi) is 7.73. The van der Waals surface area contributed by atoms with Crippen molar-refractivity contribution in [3.05, 3.63) is 71.1 Å². The summed E-state index contributed by atoms with van der Waals surface area (Å²) >= 11 is 0. The average Bonchev–Trinajstić information content (AvgIpc) is 3.26. The normalized spacial score (nSPS) is 19.7. The fourth-order valence-corrected chi connectivity index (χ4v) is 4.84. The second-order valence-corrected chi connectivity index (χ2v) is 8.47. The molecule has 0 spiro atoms. The molecule has 1 fully saturated rings. The van der Waals surface area contributed by atoms with Crippen molar-refractivity contribution in [1.82, 2.24) is 4.98 Å². The van der Waals surface area contributed by atoms with E-state index in [1.165, 1.54) is 36.1 Å². The number of Topliss-reactive ketones (excluding diaryl/α,β-unsaturated/α-hetero) is 2. The predicted molar refractivity (Wildman–Crippen MR) is 129 cm³/mol. The molecule has 30 heavy (non-hydrogen) atoms. The fraction of sp³-hybridized carbons (Fsp3) is 0.444. The molecule has 0 aliphatic heterocycles. The molecule has 0 saturated heterocycles. The van der Waals surface area contributed by atoms with Crippen molar-refractivity contribution >= 4 is 17.6 Å². The lowest BCUT2D eigenvalue weighted by Gasteiger charge is -2.29. The first-order valence-electron chi connectivity index (χ1n) is 10.9. The van der Waals surface area contributed by atoms with Crippen molar-refractivity contribution in [2.45, 2.75) is 71.1 Å². The SMILES string of the molecule is C.O=C(CCC(=O)c1ccccc1)CCC1CCCC(c2nccc3c2C=CC3)C1.[HH].[HH].[HH]. The summed E-state index contributed by atoms with van der Waals surface area (Å²) in [7, 11) is 0. The number of carbonyl (C=O) groups is 2. The van der Waals surface area contributed by atoms with Gasteiger partial charge in [-0.25, -0.2) is 0 Å². The third-order valence-corrected chi connectivity index (χ3v) is 6.46. The molecule has 1 aromatic heterocycles. The zero-order valence-electron chi connectivity index (χ0n) is 17.0. The van der Waals surface area contributed by atoms with Crippen LogP contribution in [0.2, 0.25) is 0 Å².